The Bertz CT molecular complexity index is 459. The van der Waals surface area contributed by atoms with Crippen molar-refractivity contribution in [1.82, 2.24) is 10.3 Å². The van der Waals surface area contributed by atoms with E-state index in [0.29, 0.717) is 5.69 Å². The largest absolute Gasteiger partial charge is 0.451 e. The van der Waals surface area contributed by atoms with Crippen molar-refractivity contribution in [2.45, 2.75) is 6.18 Å². The lowest BCUT2D eigenvalue weighted by molar-refractivity contribution is -0.140. The highest BCUT2D eigenvalue weighted by Gasteiger charge is 2.27. The number of amides is 1. The molecule has 1 amide bonds. The molecule has 0 radical (unpaired) electrons. The molecule has 19 heavy (non-hydrogen) atoms. The second-order valence-electron chi connectivity index (χ2n) is 3.44. The molecule has 0 saturated heterocycles. The number of pyridine rings is 1. The number of nitrogens with two attached hydrogens (primary N) is 1. The van der Waals surface area contributed by atoms with Crippen molar-refractivity contribution in [1.29, 1.82) is 0 Å². The third kappa shape index (κ3) is 5.70. The van der Waals surface area contributed by atoms with Crippen molar-refractivity contribution in [3.63, 3.8) is 0 Å². The molecule has 0 spiro atoms. The molecule has 0 atom stereocenters. The molecule has 1 aromatic rings. The predicted molar refractivity (Wildman–Crippen MR) is 58.0 cm³/mol. The number of nitrogens with one attached hydrogen (secondary N) is 1. The summed E-state index contributed by atoms with van der Waals surface area (Å²) in [6.45, 7) is -2.30. The number of ether oxygens (including phenoxy) is 1. The van der Waals surface area contributed by atoms with Gasteiger partial charge in [0, 0.05) is 0 Å². The van der Waals surface area contributed by atoms with Crippen molar-refractivity contribution in [3.05, 3.63) is 24.0 Å². The lowest BCUT2D eigenvalue weighted by Crippen LogP contribution is -2.36. The third-order valence-corrected chi connectivity index (χ3v) is 1.82. The quantitative estimate of drug-likeness (QED) is 0.781. The average Bonchev–Trinajstić information content (AvgIpc) is 2.33. The number of esters is 1. The Morgan fingerprint density at radius 2 is 2.05 bits per heavy atom. The van der Waals surface area contributed by atoms with E-state index in [1.54, 1.807) is 5.32 Å². The minimum Gasteiger partial charge on any atom is -0.451 e. The Labute approximate surface area is 105 Å². The standard InChI is InChI=1S/C10H10F3N3O3/c11-10(12,13)5-16-8(17)4-19-9(18)7-2-1-6(14)3-15-7/h1-3H,4-5,14H2,(H,16,17). The van der Waals surface area contributed by atoms with E-state index in [0.717, 1.165) is 0 Å². The first-order valence-electron chi connectivity index (χ1n) is 5.00. The first kappa shape index (κ1) is 14.7. The van der Waals surface area contributed by atoms with Gasteiger partial charge in [-0.25, -0.2) is 9.78 Å². The van der Waals surface area contributed by atoms with E-state index >= 15 is 0 Å². The highest BCUT2D eigenvalue weighted by Crippen LogP contribution is 2.12. The van der Waals surface area contributed by atoms with Gasteiger partial charge >= 0.3 is 12.1 Å². The summed E-state index contributed by atoms with van der Waals surface area (Å²) in [6.07, 6.45) is -3.31. The molecule has 0 aliphatic carbocycles. The number of carbonyl (C=O) groups excluding carboxylic acids is 2. The maximum absolute atomic E-state index is 11.8. The topological polar surface area (TPSA) is 94.3 Å². The smallest absolute Gasteiger partial charge is 0.405 e. The normalized spacial score (nSPS) is 10.9. The first-order chi connectivity index (χ1) is 8.78. The highest BCUT2D eigenvalue weighted by atomic mass is 19.4. The SMILES string of the molecule is Nc1ccc(C(=O)OCC(=O)NCC(F)(F)F)nc1. The van der Waals surface area contributed by atoms with E-state index < -0.39 is 31.2 Å². The van der Waals surface area contributed by atoms with Crippen LogP contribution in [0.2, 0.25) is 0 Å². The van der Waals surface area contributed by atoms with E-state index in [1.165, 1.54) is 18.3 Å². The fraction of sp³-hybridized carbons (Fsp3) is 0.300. The maximum atomic E-state index is 11.8. The van der Waals surface area contributed by atoms with Crippen LogP contribution in [-0.4, -0.2) is 36.2 Å². The van der Waals surface area contributed by atoms with Crippen LogP contribution in [0.5, 0.6) is 0 Å². The van der Waals surface area contributed by atoms with Gasteiger partial charge in [-0.05, 0) is 12.1 Å². The van der Waals surface area contributed by atoms with Crippen LogP contribution >= 0.6 is 0 Å². The molecule has 0 saturated carbocycles. The molecule has 0 aromatic carbocycles. The average molecular weight is 277 g/mol. The lowest BCUT2D eigenvalue weighted by atomic mass is 10.3. The van der Waals surface area contributed by atoms with Crippen LogP contribution in [0.1, 0.15) is 10.5 Å². The lowest BCUT2D eigenvalue weighted by Gasteiger charge is -2.08. The number of anilines is 1. The molecular weight excluding hydrogens is 267 g/mol. The van der Waals surface area contributed by atoms with Crippen LogP contribution in [0.3, 0.4) is 0 Å². The molecule has 0 fully saturated rings. The molecule has 0 aliphatic heterocycles. The highest BCUT2D eigenvalue weighted by molar-refractivity contribution is 5.89. The van der Waals surface area contributed by atoms with Gasteiger partial charge in [0.15, 0.2) is 6.61 Å². The minimum absolute atomic E-state index is 0.0992. The molecular formula is C10H10F3N3O3. The van der Waals surface area contributed by atoms with Crippen molar-refractivity contribution in [2.24, 2.45) is 0 Å². The zero-order valence-corrected chi connectivity index (χ0v) is 9.53. The Kier molecular flexibility index (Phi) is 4.67. The zero-order valence-electron chi connectivity index (χ0n) is 9.53. The van der Waals surface area contributed by atoms with E-state index in [9.17, 15) is 22.8 Å². The molecule has 1 rings (SSSR count). The fourth-order valence-corrected chi connectivity index (χ4v) is 0.981. The Balaban J connectivity index is 2.38. The monoisotopic (exact) mass is 277 g/mol. The summed E-state index contributed by atoms with van der Waals surface area (Å²) < 4.78 is 39.8. The summed E-state index contributed by atoms with van der Waals surface area (Å²) >= 11 is 0. The number of rotatable bonds is 4. The van der Waals surface area contributed by atoms with E-state index in [4.69, 9.17) is 5.73 Å². The first-order valence-corrected chi connectivity index (χ1v) is 5.00. The van der Waals surface area contributed by atoms with Crippen LogP contribution < -0.4 is 11.1 Å². The van der Waals surface area contributed by atoms with E-state index in [-0.39, 0.29) is 5.69 Å². The molecule has 0 aliphatic rings. The number of carbonyl (C=O) groups is 2. The molecule has 104 valence electrons. The number of halogens is 3. The van der Waals surface area contributed by atoms with Gasteiger partial charge in [-0.15, -0.1) is 0 Å². The zero-order chi connectivity index (χ0) is 14.5. The minimum atomic E-state index is -4.52. The summed E-state index contributed by atoms with van der Waals surface area (Å²) in [6, 6.07) is 2.67. The molecule has 1 heterocycles. The van der Waals surface area contributed by atoms with Gasteiger partial charge in [0.2, 0.25) is 0 Å². The molecule has 1 aromatic heterocycles. The predicted octanol–water partition coefficient (Wildman–Crippen LogP) is 0.499. The number of hydrogen-bond acceptors (Lipinski definition) is 5. The van der Waals surface area contributed by atoms with Gasteiger partial charge in [-0.1, -0.05) is 0 Å². The molecule has 6 nitrogen and oxygen atoms in total. The van der Waals surface area contributed by atoms with Crippen molar-refractivity contribution >= 4 is 17.6 Å². The molecule has 0 bridgehead atoms. The van der Waals surface area contributed by atoms with Gasteiger partial charge in [-0.3, -0.25) is 4.79 Å². The summed E-state index contributed by atoms with van der Waals surface area (Å²) in [5.41, 5.74) is 5.58. The molecule has 3 N–H and O–H groups in total. The van der Waals surface area contributed by atoms with E-state index in [2.05, 4.69) is 9.72 Å². The summed E-state index contributed by atoms with van der Waals surface area (Å²) in [4.78, 5) is 25.9. The van der Waals surface area contributed by atoms with Crippen LogP contribution in [0, 0.1) is 0 Å². The van der Waals surface area contributed by atoms with Gasteiger partial charge in [0.25, 0.3) is 5.91 Å². The Morgan fingerprint density at radius 3 is 2.58 bits per heavy atom. The van der Waals surface area contributed by atoms with Gasteiger partial charge in [-0.2, -0.15) is 13.2 Å². The van der Waals surface area contributed by atoms with Gasteiger partial charge in [0.1, 0.15) is 12.2 Å². The number of nitrogen functional groups attached to an aromatic ring is 1. The van der Waals surface area contributed by atoms with Gasteiger partial charge in [0.05, 0.1) is 11.9 Å². The van der Waals surface area contributed by atoms with Crippen LogP contribution in [-0.2, 0) is 9.53 Å². The van der Waals surface area contributed by atoms with Gasteiger partial charge < -0.3 is 15.8 Å². The molecule has 0 unspecified atom stereocenters. The maximum Gasteiger partial charge on any atom is 0.405 e. The van der Waals surface area contributed by atoms with Crippen LogP contribution in [0.15, 0.2) is 18.3 Å². The summed E-state index contributed by atoms with van der Waals surface area (Å²) in [7, 11) is 0. The second kappa shape index (κ2) is 6.03. The van der Waals surface area contributed by atoms with Crippen molar-refractivity contribution < 1.29 is 27.5 Å². The number of aromatic nitrogens is 1. The summed E-state index contributed by atoms with van der Waals surface area (Å²) in [5, 5.41) is 1.56. The van der Waals surface area contributed by atoms with Crippen LogP contribution in [0.25, 0.3) is 0 Å². The van der Waals surface area contributed by atoms with E-state index in [1.807, 2.05) is 0 Å². The van der Waals surface area contributed by atoms with Crippen molar-refractivity contribution in [3.8, 4) is 0 Å². The Hall–Kier alpha value is -2.32. The number of nitrogens with zero attached hydrogens (tertiary/aromatic N) is 1. The third-order valence-electron chi connectivity index (χ3n) is 1.82. The number of alkyl halides is 3. The molecule has 9 heteroatoms. The number of hydrogen-bond donors (Lipinski definition) is 2. The summed E-state index contributed by atoms with van der Waals surface area (Å²) in [5.74, 6) is -1.98. The second-order valence-corrected chi connectivity index (χ2v) is 3.44. The Morgan fingerprint density at radius 1 is 1.37 bits per heavy atom. The van der Waals surface area contributed by atoms with Crippen LogP contribution in [0.4, 0.5) is 18.9 Å². The fourth-order valence-electron chi connectivity index (χ4n) is 0.981. The van der Waals surface area contributed by atoms with Crippen molar-refractivity contribution in [2.75, 3.05) is 18.9 Å².